The number of nitrogens with one attached hydrogen (secondary N) is 1. The molecule has 1 aromatic carbocycles. The van der Waals surface area contributed by atoms with Crippen LogP contribution >= 0.6 is 0 Å². The van der Waals surface area contributed by atoms with E-state index in [-0.39, 0.29) is 30.1 Å². The summed E-state index contributed by atoms with van der Waals surface area (Å²) < 4.78 is 0. The van der Waals surface area contributed by atoms with Gasteiger partial charge in [0, 0.05) is 37.2 Å². The van der Waals surface area contributed by atoms with E-state index in [0.29, 0.717) is 25.3 Å². The molecule has 6 nitrogen and oxygen atoms in total. The Kier molecular flexibility index (Phi) is 7.71. The predicted octanol–water partition coefficient (Wildman–Crippen LogP) is 0.584. The molecule has 0 fully saturated rings. The Morgan fingerprint density at radius 3 is 2.39 bits per heavy atom. The van der Waals surface area contributed by atoms with Crippen molar-refractivity contribution in [3.8, 4) is 0 Å². The van der Waals surface area contributed by atoms with Crippen LogP contribution in [0, 0.1) is 5.92 Å². The van der Waals surface area contributed by atoms with Crippen LogP contribution in [0.1, 0.15) is 25.3 Å². The van der Waals surface area contributed by atoms with Crippen LogP contribution < -0.4 is 16.8 Å². The molecule has 0 aromatic heterocycles. The SMILES string of the molecule is CC(=O)C(C)C(CN(C)CC(=O)NCCN)c1ccc(N)cc1. The minimum atomic E-state index is -0.131. The van der Waals surface area contributed by atoms with Gasteiger partial charge in [0.05, 0.1) is 6.54 Å². The van der Waals surface area contributed by atoms with Crippen molar-refractivity contribution in [3.63, 3.8) is 0 Å². The number of amides is 1. The fraction of sp³-hybridized carbons (Fsp3) is 0.529. The molecule has 0 saturated carbocycles. The third kappa shape index (κ3) is 6.38. The maximum absolute atomic E-state index is 11.8. The maximum Gasteiger partial charge on any atom is 0.234 e. The molecule has 0 aliphatic rings. The summed E-state index contributed by atoms with van der Waals surface area (Å²) in [7, 11) is 1.87. The van der Waals surface area contributed by atoms with Gasteiger partial charge in [0.2, 0.25) is 5.91 Å². The quantitative estimate of drug-likeness (QED) is 0.578. The molecule has 6 heteroatoms. The number of carbonyl (C=O) groups is 2. The lowest BCUT2D eigenvalue weighted by atomic mass is 9.84. The molecule has 0 saturated heterocycles. The van der Waals surface area contributed by atoms with Crippen LogP contribution in [-0.4, -0.2) is 49.8 Å². The molecule has 2 atom stereocenters. The number of anilines is 1. The molecule has 23 heavy (non-hydrogen) atoms. The van der Waals surface area contributed by atoms with Crippen LogP contribution in [0.3, 0.4) is 0 Å². The van der Waals surface area contributed by atoms with Gasteiger partial charge in [-0.15, -0.1) is 0 Å². The van der Waals surface area contributed by atoms with Crippen LogP contribution in [0.15, 0.2) is 24.3 Å². The van der Waals surface area contributed by atoms with Gasteiger partial charge in [0.15, 0.2) is 0 Å². The smallest absolute Gasteiger partial charge is 0.234 e. The van der Waals surface area contributed by atoms with Crippen molar-refractivity contribution in [2.45, 2.75) is 19.8 Å². The van der Waals surface area contributed by atoms with Crippen LogP contribution in [0.25, 0.3) is 0 Å². The van der Waals surface area contributed by atoms with E-state index in [1.807, 2.05) is 43.1 Å². The summed E-state index contributed by atoms with van der Waals surface area (Å²) in [6.45, 7) is 5.30. The van der Waals surface area contributed by atoms with E-state index in [4.69, 9.17) is 11.5 Å². The summed E-state index contributed by atoms with van der Waals surface area (Å²) in [5, 5.41) is 2.75. The first-order chi connectivity index (χ1) is 10.8. The molecule has 0 bridgehead atoms. The summed E-state index contributed by atoms with van der Waals surface area (Å²) in [6.07, 6.45) is 0. The second kappa shape index (κ2) is 9.27. The highest BCUT2D eigenvalue weighted by atomic mass is 16.2. The van der Waals surface area contributed by atoms with Gasteiger partial charge < -0.3 is 16.8 Å². The molecule has 0 aliphatic carbocycles. The lowest BCUT2D eigenvalue weighted by Crippen LogP contribution is -2.40. The molecular formula is C17H28N4O2. The lowest BCUT2D eigenvalue weighted by Gasteiger charge is -2.27. The molecule has 5 N–H and O–H groups in total. The molecule has 1 aromatic rings. The third-order valence-electron chi connectivity index (χ3n) is 4.00. The maximum atomic E-state index is 11.8. The van der Waals surface area contributed by atoms with Crippen molar-refractivity contribution in [3.05, 3.63) is 29.8 Å². The zero-order valence-corrected chi connectivity index (χ0v) is 14.2. The Morgan fingerprint density at radius 2 is 1.87 bits per heavy atom. The highest BCUT2D eigenvalue weighted by Crippen LogP contribution is 2.27. The number of likely N-dealkylation sites (N-methyl/N-ethyl adjacent to an activating group) is 1. The van der Waals surface area contributed by atoms with Crippen molar-refractivity contribution < 1.29 is 9.59 Å². The Balaban J connectivity index is 2.79. The Labute approximate surface area is 138 Å². The van der Waals surface area contributed by atoms with Crippen molar-refractivity contribution >= 4 is 17.4 Å². The van der Waals surface area contributed by atoms with Crippen LogP contribution in [0.5, 0.6) is 0 Å². The zero-order chi connectivity index (χ0) is 17.4. The number of ketones is 1. The van der Waals surface area contributed by atoms with Crippen molar-refractivity contribution in [1.29, 1.82) is 0 Å². The summed E-state index contributed by atoms with van der Waals surface area (Å²) in [5.74, 6) is -0.0501. The van der Waals surface area contributed by atoms with E-state index in [1.165, 1.54) is 0 Å². The van der Waals surface area contributed by atoms with Crippen molar-refractivity contribution in [1.82, 2.24) is 10.2 Å². The van der Waals surface area contributed by atoms with Crippen LogP contribution in [-0.2, 0) is 9.59 Å². The number of rotatable bonds is 9. The number of carbonyl (C=O) groups excluding carboxylic acids is 2. The second-order valence-electron chi connectivity index (χ2n) is 6.01. The van der Waals surface area contributed by atoms with Gasteiger partial charge in [0.1, 0.15) is 5.78 Å². The Bertz CT molecular complexity index is 516. The molecule has 2 unspecified atom stereocenters. The largest absolute Gasteiger partial charge is 0.399 e. The standard InChI is InChI=1S/C17H28N4O2/c1-12(13(2)22)16(14-4-6-15(19)7-5-14)10-21(3)11-17(23)20-9-8-18/h4-7,12,16H,8-11,18-19H2,1-3H3,(H,20,23). The molecule has 0 aliphatic heterocycles. The average molecular weight is 320 g/mol. The average Bonchev–Trinajstić information content (AvgIpc) is 2.50. The minimum Gasteiger partial charge on any atom is -0.399 e. The van der Waals surface area contributed by atoms with E-state index in [2.05, 4.69) is 5.32 Å². The number of hydrogen-bond donors (Lipinski definition) is 3. The lowest BCUT2D eigenvalue weighted by molar-refractivity contribution is -0.122. The van der Waals surface area contributed by atoms with Crippen molar-refractivity contribution in [2.24, 2.45) is 11.7 Å². The third-order valence-corrected chi connectivity index (χ3v) is 4.00. The summed E-state index contributed by atoms with van der Waals surface area (Å²) in [5.41, 5.74) is 12.9. The van der Waals surface area contributed by atoms with Gasteiger partial charge >= 0.3 is 0 Å². The number of benzene rings is 1. The van der Waals surface area contributed by atoms with Gasteiger partial charge in [-0.1, -0.05) is 19.1 Å². The first-order valence-corrected chi connectivity index (χ1v) is 7.86. The number of nitrogens with two attached hydrogens (primary N) is 2. The fourth-order valence-corrected chi connectivity index (χ4v) is 2.49. The van der Waals surface area contributed by atoms with E-state index >= 15 is 0 Å². The van der Waals surface area contributed by atoms with E-state index < -0.39 is 0 Å². The number of hydrogen-bond acceptors (Lipinski definition) is 5. The Hall–Kier alpha value is -1.92. The molecule has 1 amide bonds. The molecule has 1 rings (SSSR count). The summed E-state index contributed by atoms with van der Waals surface area (Å²) in [6, 6.07) is 7.57. The number of nitrogens with zero attached hydrogens (tertiary/aromatic N) is 1. The second-order valence-corrected chi connectivity index (χ2v) is 6.01. The van der Waals surface area contributed by atoms with Crippen molar-refractivity contribution in [2.75, 3.05) is 39.0 Å². The predicted molar refractivity (Wildman–Crippen MR) is 93.0 cm³/mol. The van der Waals surface area contributed by atoms with E-state index in [0.717, 1.165) is 5.56 Å². The summed E-state index contributed by atoms with van der Waals surface area (Å²) >= 11 is 0. The number of nitrogen functional groups attached to an aromatic ring is 1. The van der Waals surface area contributed by atoms with Gasteiger partial charge in [-0.05, 0) is 31.7 Å². The first-order valence-electron chi connectivity index (χ1n) is 7.86. The van der Waals surface area contributed by atoms with Crippen LogP contribution in [0.2, 0.25) is 0 Å². The van der Waals surface area contributed by atoms with E-state index in [1.54, 1.807) is 6.92 Å². The highest BCUT2D eigenvalue weighted by Gasteiger charge is 2.24. The van der Waals surface area contributed by atoms with Gasteiger partial charge in [-0.25, -0.2) is 0 Å². The monoisotopic (exact) mass is 320 g/mol. The van der Waals surface area contributed by atoms with E-state index in [9.17, 15) is 9.59 Å². The minimum absolute atomic E-state index is 0.0143. The molecular weight excluding hydrogens is 292 g/mol. The van der Waals surface area contributed by atoms with Crippen LogP contribution in [0.4, 0.5) is 5.69 Å². The molecule has 0 radical (unpaired) electrons. The normalized spacial score (nSPS) is 13.6. The zero-order valence-electron chi connectivity index (χ0n) is 14.2. The highest BCUT2D eigenvalue weighted by molar-refractivity contribution is 5.79. The van der Waals surface area contributed by atoms with Gasteiger partial charge in [-0.2, -0.15) is 0 Å². The summed E-state index contributed by atoms with van der Waals surface area (Å²) in [4.78, 5) is 25.5. The Morgan fingerprint density at radius 1 is 1.26 bits per heavy atom. The van der Waals surface area contributed by atoms with Gasteiger partial charge in [0.25, 0.3) is 0 Å². The van der Waals surface area contributed by atoms with Gasteiger partial charge in [-0.3, -0.25) is 14.5 Å². The fourth-order valence-electron chi connectivity index (χ4n) is 2.49. The molecule has 0 spiro atoms. The first kappa shape index (κ1) is 19.1. The number of Topliss-reactive ketones (excluding diaryl/α,β-unsaturated/α-hetero) is 1. The molecule has 0 heterocycles. The molecule has 128 valence electrons. The topological polar surface area (TPSA) is 101 Å².